The van der Waals surface area contributed by atoms with Gasteiger partial charge >= 0.3 is 5.97 Å². The fourth-order valence-electron chi connectivity index (χ4n) is 1.06. The van der Waals surface area contributed by atoms with E-state index < -0.39 is 18.3 Å². The van der Waals surface area contributed by atoms with Crippen LogP contribution in [0.2, 0.25) is 0 Å². The predicted octanol–water partition coefficient (Wildman–Crippen LogP) is 1.82. The van der Waals surface area contributed by atoms with E-state index >= 15 is 0 Å². The van der Waals surface area contributed by atoms with Crippen molar-refractivity contribution < 1.29 is 18.7 Å². The molecule has 0 unspecified atom stereocenters. The van der Waals surface area contributed by atoms with E-state index in [2.05, 4.69) is 0 Å². The Hall–Kier alpha value is -0.930. The lowest BCUT2D eigenvalue weighted by atomic mass is 9.96. The summed E-state index contributed by atoms with van der Waals surface area (Å²) in [5, 5.41) is 8.37. The Kier molecular flexibility index (Phi) is 1.93. The van der Waals surface area contributed by atoms with Gasteiger partial charge in [-0.05, 0) is 6.42 Å². The summed E-state index contributed by atoms with van der Waals surface area (Å²) in [5.41, 5.74) is -0.166. The molecule has 1 rings (SSSR count). The Balaban J connectivity index is 2.71. The van der Waals surface area contributed by atoms with Crippen molar-refractivity contribution in [1.82, 2.24) is 0 Å². The van der Waals surface area contributed by atoms with E-state index in [0.29, 0.717) is 0 Å². The molecule has 0 aromatic carbocycles. The average Bonchev–Trinajstić information content (AvgIpc) is 1.85. The molecule has 1 aliphatic carbocycles. The molecule has 0 heterocycles. The van der Waals surface area contributed by atoms with Gasteiger partial charge in [0.25, 0.3) is 5.92 Å². The fourth-order valence-corrected chi connectivity index (χ4v) is 1.06. The van der Waals surface area contributed by atoms with E-state index in [9.17, 15) is 13.6 Å². The second-order valence-electron chi connectivity index (χ2n) is 2.61. The van der Waals surface area contributed by atoms with E-state index in [1.807, 2.05) is 0 Å². The van der Waals surface area contributed by atoms with E-state index in [0.717, 1.165) is 0 Å². The number of hydrogen-bond donors (Lipinski definition) is 1. The molecule has 0 fully saturated rings. The van der Waals surface area contributed by atoms with Crippen LogP contribution in [-0.4, -0.2) is 17.0 Å². The summed E-state index contributed by atoms with van der Waals surface area (Å²) in [6, 6.07) is 0. The quantitative estimate of drug-likeness (QED) is 0.638. The first-order valence-electron chi connectivity index (χ1n) is 3.31. The summed E-state index contributed by atoms with van der Waals surface area (Å²) in [5.74, 6) is -4.05. The third-order valence-electron chi connectivity index (χ3n) is 1.62. The number of aliphatic carboxylic acids is 1. The molecule has 11 heavy (non-hydrogen) atoms. The number of rotatable bonds is 1. The molecular weight excluding hydrogens is 154 g/mol. The van der Waals surface area contributed by atoms with Crippen LogP contribution in [0.3, 0.4) is 0 Å². The second-order valence-corrected chi connectivity index (χ2v) is 2.61. The summed E-state index contributed by atoms with van der Waals surface area (Å²) < 4.78 is 25.0. The third kappa shape index (κ3) is 2.00. The zero-order valence-corrected chi connectivity index (χ0v) is 5.81. The number of alkyl halides is 2. The van der Waals surface area contributed by atoms with Crippen LogP contribution in [0.5, 0.6) is 0 Å². The normalized spacial score (nSPS) is 22.5. The van der Waals surface area contributed by atoms with Crippen molar-refractivity contribution in [3.63, 3.8) is 0 Å². The molecule has 0 spiro atoms. The minimum absolute atomic E-state index is 0.161. The van der Waals surface area contributed by atoms with E-state index in [-0.39, 0.29) is 18.4 Å². The van der Waals surface area contributed by atoms with Crippen molar-refractivity contribution in [2.75, 3.05) is 0 Å². The van der Waals surface area contributed by atoms with Crippen LogP contribution in [0.1, 0.15) is 19.3 Å². The first kappa shape index (κ1) is 8.17. The first-order chi connectivity index (χ1) is 5.01. The van der Waals surface area contributed by atoms with E-state index in [4.69, 9.17) is 5.11 Å². The molecule has 4 heteroatoms. The van der Waals surface area contributed by atoms with Gasteiger partial charge in [0.2, 0.25) is 0 Å². The molecule has 0 aromatic heterocycles. The van der Waals surface area contributed by atoms with Crippen LogP contribution in [-0.2, 0) is 4.79 Å². The number of carbonyl (C=O) groups is 1. The van der Waals surface area contributed by atoms with Gasteiger partial charge in [-0.2, -0.15) is 0 Å². The molecule has 0 aromatic rings. The van der Waals surface area contributed by atoms with Gasteiger partial charge in [0, 0.05) is 18.4 Å². The first-order valence-corrected chi connectivity index (χ1v) is 3.31. The topological polar surface area (TPSA) is 37.3 Å². The Morgan fingerprint density at radius 3 is 2.64 bits per heavy atom. The van der Waals surface area contributed by atoms with Crippen LogP contribution >= 0.6 is 0 Å². The Morgan fingerprint density at radius 1 is 1.64 bits per heavy atom. The van der Waals surface area contributed by atoms with Crippen LogP contribution in [0.15, 0.2) is 11.6 Å². The molecule has 0 atom stereocenters. The Labute approximate surface area is 62.5 Å². The lowest BCUT2D eigenvalue weighted by molar-refractivity contribution is -0.134. The summed E-state index contributed by atoms with van der Waals surface area (Å²) in [4.78, 5) is 10.2. The van der Waals surface area contributed by atoms with Gasteiger partial charge in [-0.25, -0.2) is 13.6 Å². The van der Waals surface area contributed by atoms with Crippen LogP contribution in [0.4, 0.5) is 8.78 Å². The van der Waals surface area contributed by atoms with Crippen molar-refractivity contribution in [2.24, 2.45) is 0 Å². The van der Waals surface area contributed by atoms with Gasteiger partial charge in [-0.15, -0.1) is 0 Å². The van der Waals surface area contributed by atoms with Gasteiger partial charge < -0.3 is 5.11 Å². The maximum absolute atomic E-state index is 12.5. The standard InChI is InChI=1S/C7H8F2O2/c8-7(9)3-1-2-5(4-7)6(10)11/h2H,1,3-4H2,(H,10,11). The molecule has 62 valence electrons. The van der Waals surface area contributed by atoms with Crippen molar-refractivity contribution in [3.8, 4) is 0 Å². The second kappa shape index (κ2) is 2.60. The summed E-state index contributed by atoms with van der Waals surface area (Å²) in [6.45, 7) is 0. The molecule has 1 N–H and O–H groups in total. The zero-order chi connectivity index (χ0) is 8.48. The highest BCUT2D eigenvalue weighted by molar-refractivity contribution is 5.86. The average molecular weight is 162 g/mol. The van der Waals surface area contributed by atoms with E-state index in [1.165, 1.54) is 6.08 Å². The smallest absolute Gasteiger partial charge is 0.331 e. The molecule has 0 amide bonds. The fraction of sp³-hybridized carbons (Fsp3) is 0.571. The van der Waals surface area contributed by atoms with Crippen LogP contribution in [0.25, 0.3) is 0 Å². The van der Waals surface area contributed by atoms with Crippen molar-refractivity contribution >= 4 is 5.97 Å². The van der Waals surface area contributed by atoms with E-state index in [1.54, 1.807) is 0 Å². The Bertz CT molecular complexity index is 208. The van der Waals surface area contributed by atoms with Gasteiger partial charge in [-0.1, -0.05) is 6.08 Å². The molecule has 0 bridgehead atoms. The van der Waals surface area contributed by atoms with Gasteiger partial charge in [0.15, 0.2) is 0 Å². The van der Waals surface area contributed by atoms with Gasteiger partial charge in [-0.3, -0.25) is 0 Å². The van der Waals surface area contributed by atoms with Crippen molar-refractivity contribution in [1.29, 1.82) is 0 Å². The van der Waals surface area contributed by atoms with Crippen LogP contribution < -0.4 is 0 Å². The number of carboxylic acids is 1. The lowest BCUT2D eigenvalue weighted by Crippen LogP contribution is -2.22. The minimum atomic E-state index is -2.82. The number of allylic oxidation sites excluding steroid dienone is 1. The summed E-state index contributed by atoms with van der Waals surface area (Å²) in [7, 11) is 0. The maximum atomic E-state index is 12.5. The highest BCUT2D eigenvalue weighted by atomic mass is 19.3. The van der Waals surface area contributed by atoms with Crippen molar-refractivity contribution in [3.05, 3.63) is 11.6 Å². The molecule has 0 saturated carbocycles. The molecule has 0 saturated heterocycles. The van der Waals surface area contributed by atoms with Crippen LogP contribution in [0, 0.1) is 0 Å². The third-order valence-corrected chi connectivity index (χ3v) is 1.62. The monoisotopic (exact) mass is 162 g/mol. The number of halogens is 2. The predicted molar refractivity (Wildman–Crippen MR) is 34.5 cm³/mol. The zero-order valence-electron chi connectivity index (χ0n) is 5.81. The lowest BCUT2D eigenvalue weighted by Gasteiger charge is -2.19. The number of carboxylic acid groups (broad SMARTS) is 1. The molecular formula is C7H8F2O2. The SMILES string of the molecule is O=C(O)C1=CCCC(F)(F)C1. The highest BCUT2D eigenvalue weighted by Crippen LogP contribution is 2.32. The summed E-state index contributed by atoms with van der Waals surface area (Å²) >= 11 is 0. The number of hydrogen-bond acceptors (Lipinski definition) is 1. The van der Waals surface area contributed by atoms with Gasteiger partial charge in [0.1, 0.15) is 0 Å². The van der Waals surface area contributed by atoms with Crippen molar-refractivity contribution in [2.45, 2.75) is 25.2 Å². The maximum Gasteiger partial charge on any atom is 0.331 e. The Morgan fingerprint density at radius 2 is 2.27 bits per heavy atom. The molecule has 2 nitrogen and oxygen atoms in total. The molecule has 1 aliphatic rings. The molecule has 0 aliphatic heterocycles. The highest BCUT2D eigenvalue weighted by Gasteiger charge is 2.34. The molecule has 0 radical (unpaired) electrons. The van der Waals surface area contributed by atoms with Gasteiger partial charge in [0.05, 0.1) is 0 Å². The largest absolute Gasteiger partial charge is 0.478 e. The minimum Gasteiger partial charge on any atom is -0.478 e. The summed E-state index contributed by atoms with van der Waals surface area (Å²) in [6.07, 6.45) is 0.667.